The van der Waals surface area contributed by atoms with Crippen molar-refractivity contribution in [2.75, 3.05) is 33.6 Å². The maximum absolute atomic E-state index is 12.6. The van der Waals surface area contributed by atoms with Gasteiger partial charge in [-0.05, 0) is 25.0 Å². The summed E-state index contributed by atoms with van der Waals surface area (Å²) in [6, 6.07) is 4.94. The van der Waals surface area contributed by atoms with Crippen molar-refractivity contribution in [1.29, 1.82) is 0 Å². The van der Waals surface area contributed by atoms with Crippen molar-refractivity contribution in [1.82, 2.24) is 9.62 Å². The van der Waals surface area contributed by atoms with Gasteiger partial charge in [0.15, 0.2) is 0 Å². The van der Waals surface area contributed by atoms with E-state index in [2.05, 4.69) is 4.72 Å². The minimum atomic E-state index is -3.22. The monoisotopic (exact) mass is 342 g/mol. The fourth-order valence-corrected chi connectivity index (χ4v) is 3.46. The van der Waals surface area contributed by atoms with Crippen LogP contribution in [0.15, 0.2) is 18.2 Å². The molecule has 1 fully saturated rings. The molecule has 8 heteroatoms. The van der Waals surface area contributed by atoms with E-state index >= 15 is 0 Å². The molecule has 23 heavy (non-hydrogen) atoms. The second kappa shape index (κ2) is 7.18. The number of likely N-dealkylation sites (tertiary alicyclic amines) is 1. The molecule has 7 nitrogen and oxygen atoms in total. The molecule has 1 amide bonds. The largest absolute Gasteiger partial charge is 0.497 e. The maximum atomic E-state index is 12.6. The lowest BCUT2D eigenvalue weighted by Crippen LogP contribution is -2.46. The van der Waals surface area contributed by atoms with Gasteiger partial charge in [0.05, 0.1) is 20.5 Å². The summed E-state index contributed by atoms with van der Waals surface area (Å²) >= 11 is 0. The number of carbonyl (C=O) groups is 1. The molecule has 0 unspecified atom stereocenters. The summed E-state index contributed by atoms with van der Waals surface area (Å²) in [6.45, 7) is 1.01. The highest BCUT2D eigenvalue weighted by Crippen LogP contribution is 2.24. The molecule has 1 aromatic carbocycles. The van der Waals surface area contributed by atoms with Crippen LogP contribution in [-0.4, -0.2) is 58.8 Å². The highest BCUT2D eigenvalue weighted by molar-refractivity contribution is 7.88. The Labute approximate surface area is 136 Å². The van der Waals surface area contributed by atoms with Gasteiger partial charge in [0.1, 0.15) is 11.5 Å². The van der Waals surface area contributed by atoms with Gasteiger partial charge in [-0.15, -0.1) is 0 Å². The van der Waals surface area contributed by atoms with E-state index in [-0.39, 0.29) is 11.9 Å². The summed E-state index contributed by atoms with van der Waals surface area (Å²) in [6.07, 6.45) is 2.34. The molecule has 0 atom stereocenters. The first-order valence-electron chi connectivity index (χ1n) is 7.32. The Hall–Kier alpha value is -1.80. The molecule has 1 heterocycles. The highest BCUT2D eigenvalue weighted by atomic mass is 32.2. The van der Waals surface area contributed by atoms with Crippen molar-refractivity contribution in [3.8, 4) is 11.5 Å². The van der Waals surface area contributed by atoms with Crippen LogP contribution >= 0.6 is 0 Å². The second-order valence-corrected chi connectivity index (χ2v) is 7.34. The zero-order valence-corrected chi connectivity index (χ0v) is 14.4. The van der Waals surface area contributed by atoms with Crippen LogP contribution < -0.4 is 14.2 Å². The second-order valence-electron chi connectivity index (χ2n) is 5.56. The van der Waals surface area contributed by atoms with Gasteiger partial charge >= 0.3 is 0 Å². The van der Waals surface area contributed by atoms with Gasteiger partial charge in [-0.3, -0.25) is 4.79 Å². The van der Waals surface area contributed by atoms with Crippen LogP contribution in [-0.2, 0) is 10.0 Å². The Balaban J connectivity index is 2.05. The van der Waals surface area contributed by atoms with Crippen molar-refractivity contribution in [3.05, 3.63) is 23.8 Å². The van der Waals surface area contributed by atoms with Crippen molar-refractivity contribution in [2.24, 2.45) is 0 Å². The Morgan fingerprint density at radius 1 is 1.13 bits per heavy atom. The minimum Gasteiger partial charge on any atom is -0.497 e. The number of sulfonamides is 1. The summed E-state index contributed by atoms with van der Waals surface area (Å²) in [7, 11) is -0.152. The van der Waals surface area contributed by atoms with Gasteiger partial charge in [0.2, 0.25) is 10.0 Å². The van der Waals surface area contributed by atoms with Crippen LogP contribution in [0.4, 0.5) is 0 Å². The summed E-state index contributed by atoms with van der Waals surface area (Å²) in [5, 5.41) is 0. The number of ether oxygens (including phenoxy) is 2. The summed E-state index contributed by atoms with van der Waals surface area (Å²) < 4.78 is 35.5. The van der Waals surface area contributed by atoms with E-state index in [9.17, 15) is 13.2 Å². The molecule has 128 valence electrons. The van der Waals surface area contributed by atoms with Gasteiger partial charge in [0, 0.05) is 30.8 Å². The van der Waals surface area contributed by atoms with Gasteiger partial charge < -0.3 is 14.4 Å². The van der Waals surface area contributed by atoms with Crippen molar-refractivity contribution < 1.29 is 22.7 Å². The fraction of sp³-hybridized carbons (Fsp3) is 0.533. The smallest absolute Gasteiger partial charge is 0.254 e. The SMILES string of the molecule is COc1cc(OC)cc(C(=O)N2CCC(NS(C)(=O)=O)CC2)c1. The maximum Gasteiger partial charge on any atom is 0.254 e. The molecule has 0 bridgehead atoms. The lowest BCUT2D eigenvalue weighted by atomic mass is 10.0. The molecule has 1 aromatic rings. The molecule has 1 aliphatic rings. The Bertz CT molecular complexity index is 644. The molecule has 0 saturated carbocycles. The Kier molecular flexibility index (Phi) is 5.48. The topological polar surface area (TPSA) is 84.9 Å². The third-order valence-corrected chi connectivity index (χ3v) is 4.52. The third kappa shape index (κ3) is 4.84. The zero-order chi connectivity index (χ0) is 17.0. The van der Waals surface area contributed by atoms with Crippen LogP contribution in [0, 0.1) is 0 Å². The Morgan fingerprint density at radius 2 is 1.65 bits per heavy atom. The highest BCUT2D eigenvalue weighted by Gasteiger charge is 2.25. The number of carbonyl (C=O) groups excluding carboxylic acids is 1. The normalized spacial score (nSPS) is 16.2. The molecular formula is C15H22N2O5S. The number of hydrogen-bond acceptors (Lipinski definition) is 5. The van der Waals surface area contributed by atoms with E-state index < -0.39 is 10.0 Å². The molecule has 1 aliphatic heterocycles. The van der Waals surface area contributed by atoms with E-state index in [0.29, 0.717) is 43.0 Å². The molecular weight excluding hydrogens is 320 g/mol. The molecule has 0 spiro atoms. The number of piperidine rings is 1. The number of hydrogen-bond donors (Lipinski definition) is 1. The molecule has 1 saturated heterocycles. The van der Waals surface area contributed by atoms with Gasteiger partial charge in [-0.25, -0.2) is 13.1 Å². The third-order valence-electron chi connectivity index (χ3n) is 3.76. The van der Waals surface area contributed by atoms with Crippen LogP contribution in [0.3, 0.4) is 0 Å². The van der Waals surface area contributed by atoms with E-state index in [0.717, 1.165) is 6.26 Å². The van der Waals surface area contributed by atoms with Crippen molar-refractivity contribution in [3.63, 3.8) is 0 Å². The lowest BCUT2D eigenvalue weighted by molar-refractivity contribution is 0.0710. The molecule has 0 aromatic heterocycles. The van der Waals surface area contributed by atoms with Crippen LogP contribution in [0.2, 0.25) is 0 Å². The van der Waals surface area contributed by atoms with Crippen molar-refractivity contribution in [2.45, 2.75) is 18.9 Å². The summed E-state index contributed by atoms with van der Waals surface area (Å²) in [4.78, 5) is 14.3. The van der Waals surface area contributed by atoms with E-state index in [1.807, 2.05) is 0 Å². The Morgan fingerprint density at radius 3 is 2.09 bits per heavy atom. The number of nitrogens with one attached hydrogen (secondary N) is 1. The van der Waals surface area contributed by atoms with E-state index in [1.165, 1.54) is 14.2 Å². The quantitative estimate of drug-likeness (QED) is 0.858. The molecule has 2 rings (SSSR count). The lowest BCUT2D eigenvalue weighted by Gasteiger charge is -2.32. The standard InChI is InChI=1S/C15H22N2O5S/c1-21-13-8-11(9-14(10-13)22-2)15(18)17-6-4-12(5-7-17)16-23(3,19)20/h8-10,12,16H,4-7H2,1-3H3. The average Bonchev–Trinajstić information content (AvgIpc) is 2.52. The number of amides is 1. The fourth-order valence-electron chi connectivity index (χ4n) is 2.62. The van der Waals surface area contributed by atoms with Crippen molar-refractivity contribution >= 4 is 15.9 Å². The summed E-state index contributed by atoms with van der Waals surface area (Å²) in [5.41, 5.74) is 0.496. The molecule has 0 radical (unpaired) electrons. The van der Waals surface area contributed by atoms with Gasteiger partial charge in [-0.2, -0.15) is 0 Å². The zero-order valence-electron chi connectivity index (χ0n) is 13.5. The predicted molar refractivity (Wildman–Crippen MR) is 86.5 cm³/mol. The number of rotatable bonds is 5. The van der Waals surface area contributed by atoms with E-state index in [4.69, 9.17) is 9.47 Å². The number of benzene rings is 1. The predicted octanol–water partition coefficient (Wildman–Crippen LogP) is 0.858. The first kappa shape index (κ1) is 17.6. The van der Waals surface area contributed by atoms with E-state index in [1.54, 1.807) is 23.1 Å². The van der Waals surface area contributed by atoms with Crippen LogP contribution in [0.25, 0.3) is 0 Å². The number of nitrogens with zero attached hydrogens (tertiary/aromatic N) is 1. The minimum absolute atomic E-state index is 0.111. The van der Waals surface area contributed by atoms with Gasteiger partial charge in [-0.1, -0.05) is 0 Å². The summed E-state index contributed by atoms with van der Waals surface area (Å²) in [5.74, 6) is 1.00. The first-order chi connectivity index (χ1) is 10.8. The van der Waals surface area contributed by atoms with Gasteiger partial charge in [0.25, 0.3) is 5.91 Å². The van der Waals surface area contributed by atoms with Crippen LogP contribution in [0.1, 0.15) is 23.2 Å². The average molecular weight is 342 g/mol. The molecule has 1 N–H and O–H groups in total. The molecule has 0 aliphatic carbocycles. The number of methoxy groups -OCH3 is 2. The first-order valence-corrected chi connectivity index (χ1v) is 9.21. The van der Waals surface area contributed by atoms with Crippen LogP contribution in [0.5, 0.6) is 11.5 Å².